The second-order valence-electron chi connectivity index (χ2n) is 6.52. The van der Waals surface area contributed by atoms with Gasteiger partial charge in [-0.05, 0) is 25.1 Å². The van der Waals surface area contributed by atoms with Gasteiger partial charge in [-0.1, -0.05) is 41.7 Å². The SMILES string of the molecule is CCn1c(CSc2nc3ccccc3s2)nnc1SCC(=O)Nc1cccc([N+](=O)[O-])c1. The first kappa shape index (κ1) is 22.2. The molecule has 12 heteroatoms. The van der Waals surface area contributed by atoms with Crippen LogP contribution in [-0.4, -0.2) is 36.3 Å². The van der Waals surface area contributed by atoms with Crippen molar-refractivity contribution in [1.29, 1.82) is 0 Å². The van der Waals surface area contributed by atoms with Gasteiger partial charge < -0.3 is 9.88 Å². The molecule has 0 aliphatic heterocycles. The quantitative estimate of drug-likeness (QED) is 0.203. The normalized spacial score (nSPS) is 11.0. The number of nitro benzene ring substituents is 1. The molecule has 0 radical (unpaired) electrons. The van der Waals surface area contributed by atoms with E-state index in [0.29, 0.717) is 23.1 Å². The van der Waals surface area contributed by atoms with Gasteiger partial charge in [0, 0.05) is 24.4 Å². The summed E-state index contributed by atoms with van der Waals surface area (Å²) in [4.78, 5) is 27.3. The highest BCUT2D eigenvalue weighted by atomic mass is 32.2. The van der Waals surface area contributed by atoms with E-state index in [2.05, 4.69) is 26.6 Å². The fourth-order valence-corrected chi connectivity index (χ4v) is 5.74. The first-order chi connectivity index (χ1) is 15.5. The average molecular weight is 487 g/mol. The van der Waals surface area contributed by atoms with E-state index in [-0.39, 0.29) is 17.3 Å². The molecule has 9 nitrogen and oxygen atoms in total. The Kier molecular flexibility index (Phi) is 7.02. The number of nitro groups is 1. The highest BCUT2D eigenvalue weighted by Gasteiger charge is 2.15. The monoisotopic (exact) mass is 486 g/mol. The molecule has 0 spiro atoms. The number of nitrogens with one attached hydrogen (secondary N) is 1. The Balaban J connectivity index is 1.35. The molecule has 0 bridgehead atoms. The summed E-state index contributed by atoms with van der Waals surface area (Å²) in [5.41, 5.74) is 1.30. The van der Waals surface area contributed by atoms with Crippen molar-refractivity contribution in [3.8, 4) is 0 Å². The third-order valence-electron chi connectivity index (χ3n) is 4.38. The minimum atomic E-state index is -0.498. The molecular formula is C20H18N6O3S3. The lowest BCUT2D eigenvalue weighted by Crippen LogP contribution is -2.14. The van der Waals surface area contributed by atoms with Crippen LogP contribution in [0.25, 0.3) is 10.2 Å². The Labute approximate surface area is 195 Å². The van der Waals surface area contributed by atoms with Crippen LogP contribution in [0, 0.1) is 10.1 Å². The van der Waals surface area contributed by atoms with E-state index in [0.717, 1.165) is 20.4 Å². The smallest absolute Gasteiger partial charge is 0.271 e. The molecule has 2 aromatic heterocycles. The fraction of sp³-hybridized carbons (Fsp3) is 0.200. The van der Waals surface area contributed by atoms with Crippen molar-refractivity contribution < 1.29 is 9.72 Å². The van der Waals surface area contributed by atoms with E-state index in [1.54, 1.807) is 29.2 Å². The van der Waals surface area contributed by atoms with Crippen LogP contribution >= 0.6 is 34.9 Å². The Morgan fingerprint density at radius 2 is 2.03 bits per heavy atom. The number of carbonyl (C=O) groups is 1. The number of thiazole rings is 1. The van der Waals surface area contributed by atoms with Gasteiger partial charge in [-0.2, -0.15) is 0 Å². The van der Waals surface area contributed by atoms with Crippen molar-refractivity contribution in [2.75, 3.05) is 11.1 Å². The fourth-order valence-electron chi connectivity index (χ4n) is 2.91. The number of para-hydroxylation sites is 1. The molecule has 2 heterocycles. The average Bonchev–Trinajstić information content (AvgIpc) is 3.39. The van der Waals surface area contributed by atoms with Gasteiger partial charge in [-0.25, -0.2) is 4.98 Å². The molecule has 0 saturated carbocycles. The number of fused-ring (bicyclic) bond motifs is 1. The number of hydrogen-bond acceptors (Lipinski definition) is 9. The molecule has 0 atom stereocenters. The number of aromatic nitrogens is 4. The van der Waals surface area contributed by atoms with E-state index >= 15 is 0 Å². The van der Waals surface area contributed by atoms with E-state index in [4.69, 9.17) is 0 Å². The van der Waals surface area contributed by atoms with Gasteiger partial charge >= 0.3 is 0 Å². The summed E-state index contributed by atoms with van der Waals surface area (Å²) in [6.07, 6.45) is 0. The van der Waals surface area contributed by atoms with Crippen molar-refractivity contribution in [3.63, 3.8) is 0 Å². The zero-order valence-corrected chi connectivity index (χ0v) is 19.4. The molecule has 0 aliphatic rings. The van der Waals surface area contributed by atoms with E-state index in [1.165, 1.54) is 30.0 Å². The number of non-ortho nitro benzene ring substituents is 1. The van der Waals surface area contributed by atoms with Crippen molar-refractivity contribution in [2.45, 2.75) is 28.7 Å². The van der Waals surface area contributed by atoms with Crippen LogP contribution < -0.4 is 5.32 Å². The second kappa shape index (κ2) is 10.1. The number of thioether (sulfide) groups is 2. The number of hydrogen-bond donors (Lipinski definition) is 1. The van der Waals surface area contributed by atoms with Gasteiger partial charge in [-0.15, -0.1) is 21.5 Å². The highest BCUT2D eigenvalue weighted by molar-refractivity contribution is 8.00. The lowest BCUT2D eigenvalue weighted by Gasteiger charge is -2.07. The van der Waals surface area contributed by atoms with Gasteiger partial charge in [0.25, 0.3) is 5.69 Å². The second-order valence-corrected chi connectivity index (χ2v) is 9.72. The van der Waals surface area contributed by atoms with E-state index < -0.39 is 4.92 Å². The molecule has 164 valence electrons. The molecule has 0 fully saturated rings. The van der Waals surface area contributed by atoms with Crippen LogP contribution in [0.3, 0.4) is 0 Å². The first-order valence-corrected chi connectivity index (χ1v) is 12.4. The summed E-state index contributed by atoms with van der Waals surface area (Å²) < 4.78 is 4.10. The Bertz CT molecular complexity index is 1240. The predicted molar refractivity (Wildman–Crippen MR) is 127 cm³/mol. The lowest BCUT2D eigenvalue weighted by atomic mass is 10.3. The topological polar surface area (TPSA) is 116 Å². The van der Waals surface area contributed by atoms with Gasteiger partial charge in [0.2, 0.25) is 5.91 Å². The van der Waals surface area contributed by atoms with Crippen molar-refractivity contribution >= 4 is 62.4 Å². The van der Waals surface area contributed by atoms with Crippen molar-refractivity contribution in [3.05, 3.63) is 64.5 Å². The number of amides is 1. The molecule has 2 aromatic carbocycles. The Hall–Kier alpha value is -2.96. The zero-order chi connectivity index (χ0) is 22.5. The van der Waals surface area contributed by atoms with Crippen LogP contribution in [0.4, 0.5) is 11.4 Å². The maximum absolute atomic E-state index is 12.3. The molecular weight excluding hydrogens is 468 g/mol. The maximum Gasteiger partial charge on any atom is 0.271 e. The molecule has 1 amide bonds. The minimum absolute atomic E-state index is 0.0727. The number of carbonyl (C=O) groups excluding carboxylic acids is 1. The summed E-state index contributed by atoms with van der Waals surface area (Å²) in [6.45, 7) is 2.68. The molecule has 0 saturated heterocycles. The van der Waals surface area contributed by atoms with Crippen LogP contribution in [0.15, 0.2) is 58.0 Å². The van der Waals surface area contributed by atoms with Crippen LogP contribution in [0.1, 0.15) is 12.7 Å². The number of rotatable bonds is 9. The molecule has 1 N–H and O–H groups in total. The van der Waals surface area contributed by atoms with Gasteiger partial charge in [-0.3, -0.25) is 14.9 Å². The first-order valence-electron chi connectivity index (χ1n) is 9.61. The summed E-state index contributed by atoms with van der Waals surface area (Å²) in [5.74, 6) is 1.29. The Morgan fingerprint density at radius 3 is 2.81 bits per heavy atom. The third-order valence-corrected chi connectivity index (χ3v) is 7.52. The summed E-state index contributed by atoms with van der Waals surface area (Å²) >= 11 is 4.54. The number of nitrogens with zero attached hydrogens (tertiary/aromatic N) is 5. The van der Waals surface area contributed by atoms with Gasteiger partial charge in [0.05, 0.1) is 26.6 Å². The standard InChI is InChI=1S/C20H18N6O3S3/c1-2-25-17(11-31-20-22-15-8-3-4-9-16(15)32-20)23-24-19(25)30-12-18(27)21-13-6-5-7-14(10-13)26(28)29/h3-10H,2,11-12H2,1H3,(H,21,27). The lowest BCUT2D eigenvalue weighted by molar-refractivity contribution is -0.384. The molecule has 0 unspecified atom stereocenters. The highest BCUT2D eigenvalue weighted by Crippen LogP contribution is 2.31. The third kappa shape index (κ3) is 5.26. The summed E-state index contributed by atoms with van der Waals surface area (Å²) in [5, 5.41) is 22.7. The largest absolute Gasteiger partial charge is 0.325 e. The van der Waals surface area contributed by atoms with Crippen LogP contribution in [0.2, 0.25) is 0 Å². The van der Waals surface area contributed by atoms with Crippen LogP contribution in [-0.2, 0) is 17.1 Å². The molecule has 4 aromatic rings. The summed E-state index contributed by atoms with van der Waals surface area (Å²) in [7, 11) is 0. The van der Waals surface area contributed by atoms with Gasteiger partial charge in [0.15, 0.2) is 9.50 Å². The molecule has 0 aliphatic carbocycles. The minimum Gasteiger partial charge on any atom is -0.325 e. The zero-order valence-electron chi connectivity index (χ0n) is 16.9. The van der Waals surface area contributed by atoms with E-state index in [1.807, 2.05) is 29.7 Å². The molecule has 32 heavy (non-hydrogen) atoms. The van der Waals surface area contributed by atoms with Crippen molar-refractivity contribution in [2.24, 2.45) is 0 Å². The summed E-state index contributed by atoms with van der Waals surface area (Å²) in [6, 6.07) is 13.9. The number of benzene rings is 2. The number of anilines is 1. The maximum atomic E-state index is 12.3. The van der Waals surface area contributed by atoms with E-state index in [9.17, 15) is 14.9 Å². The molecule has 4 rings (SSSR count). The van der Waals surface area contributed by atoms with Crippen LogP contribution in [0.5, 0.6) is 0 Å². The Morgan fingerprint density at radius 1 is 1.19 bits per heavy atom. The van der Waals surface area contributed by atoms with Gasteiger partial charge in [0.1, 0.15) is 5.82 Å². The van der Waals surface area contributed by atoms with Crippen molar-refractivity contribution in [1.82, 2.24) is 19.7 Å². The predicted octanol–water partition coefficient (Wildman–Crippen LogP) is 4.84.